The van der Waals surface area contributed by atoms with Crippen LogP contribution in [-0.4, -0.2) is 22.1 Å². The van der Waals surface area contributed by atoms with E-state index < -0.39 is 0 Å². The van der Waals surface area contributed by atoms with Gasteiger partial charge in [0, 0.05) is 24.5 Å². The highest BCUT2D eigenvalue weighted by Gasteiger charge is 2.33. The largest absolute Gasteiger partial charge is 0.361 e. The zero-order valence-corrected chi connectivity index (χ0v) is 6.45. The van der Waals surface area contributed by atoms with Crippen molar-refractivity contribution in [3.05, 3.63) is 22.7 Å². The molecule has 0 bridgehead atoms. The Morgan fingerprint density at radius 1 is 1.75 bits per heavy atom. The van der Waals surface area contributed by atoms with Crippen molar-refractivity contribution >= 4 is 5.82 Å². The molecule has 2 rings (SSSR count). The summed E-state index contributed by atoms with van der Waals surface area (Å²) in [5.41, 5.74) is 5.36. The molecule has 4 N–H and O–H groups in total. The van der Waals surface area contributed by atoms with E-state index in [4.69, 9.17) is 5.73 Å². The van der Waals surface area contributed by atoms with E-state index in [2.05, 4.69) is 15.3 Å². The molecule has 2 atom stereocenters. The van der Waals surface area contributed by atoms with Gasteiger partial charge >= 0.3 is 0 Å². The summed E-state index contributed by atoms with van der Waals surface area (Å²) in [5, 5.41) is 2.95. The van der Waals surface area contributed by atoms with Crippen molar-refractivity contribution in [2.45, 2.75) is 18.5 Å². The van der Waals surface area contributed by atoms with Gasteiger partial charge in [0.1, 0.15) is 0 Å². The lowest BCUT2D eigenvalue weighted by molar-refractivity contribution is 0.983. The number of hydrogen-bond acceptors (Lipinski definition) is 4. The van der Waals surface area contributed by atoms with Crippen LogP contribution in [0.4, 0.5) is 5.82 Å². The number of nitrogens with one attached hydrogen (secondary N) is 2. The summed E-state index contributed by atoms with van der Waals surface area (Å²) in [6, 6.07) is 0.396. The number of aromatic amines is 1. The number of hydrogen-bond donors (Lipinski definition) is 3. The SMILES string of the molecule is NC1CC1Nc1ncc[nH]c1=O. The molecule has 0 spiro atoms. The number of anilines is 1. The Bertz CT molecular complexity index is 334. The minimum atomic E-state index is -0.198. The summed E-state index contributed by atoms with van der Waals surface area (Å²) < 4.78 is 0. The summed E-state index contributed by atoms with van der Waals surface area (Å²) in [6.07, 6.45) is 3.95. The fourth-order valence-electron chi connectivity index (χ4n) is 1.01. The second-order valence-corrected chi connectivity index (χ2v) is 2.92. The van der Waals surface area contributed by atoms with Crippen molar-refractivity contribution < 1.29 is 0 Å². The van der Waals surface area contributed by atoms with Gasteiger partial charge in [-0.1, -0.05) is 0 Å². The molecule has 0 aliphatic heterocycles. The zero-order chi connectivity index (χ0) is 8.55. The van der Waals surface area contributed by atoms with Crippen LogP contribution in [0.15, 0.2) is 17.2 Å². The number of rotatable bonds is 2. The predicted octanol–water partition coefficient (Wildman–Crippen LogP) is -0.719. The smallest absolute Gasteiger partial charge is 0.290 e. The van der Waals surface area contributed by atoms with Crippen LogP contribution in [0.5, 0.6) is 0 Å². The summed E-state index contributed by atoms with van der Waals surface area (Å²) in [5.74, 6) is 0.357. The Balaban J connectivity index is 2.13. The lowest BCUT2D eigenvalue weighted by Gasteiger charge is -2.00. The average molecular weight is 166 g/mol. The lowest BCUT2D eigenvalue weighted by Crippen LogP contribution is -2.20. The fourth-order valence-corrected chi connectivity index (χ4v) is 1.01. The molecule has 1 fully saturated rings. The normalized spacial score (nSPS) is 26.8. The molecule has 1 aliphatic rings. The van der Waals surface area contributed by atoms with Crippen LogP contribution in [0.3, 0.4) is 0 Å². The molecular weight excluding hydrogens is 156 g/mol. The van der Waals surface area contributed by atoms with Gasteiger partial charge in [0.05, 0.1) is 0 Å². The third-order valence-corrected chi connectivity index (χ3v) is 1.87. The Labute approximate surface area is 69.0 Å². The molecule has 1 aromatic heterocycles. The first-order chi connectivity index (χ1) is 5.77. The van der Waals surface area contributed by atoms with Crippen LogP contribution in [0.25, 0.3) is 0 Å². The quantitative estimate of drug-likeness (QED) is 0.541. The first-order valence-electron chi connectivity index (χ1n) is 3.83. The van der Waals surface area contributed by atoms with Crippen molar-refractivity contribution in [3.8, 4) is 0 Å². The minimum absolute atomic E-state index is 0.173. The maximum absolute atomic E-state index is 11.1. The molecule has 5 heteroatoms. The predicted molar refractivity (Wildman–Crippen MR) is 44.9 cm³/mol. The Kier molecular flexibility index (Phi) is 1.58. The average Bonchev–Trinajstić information content (AvgIpc) is 2.72. The molecule has 1 saturated carbocycles. The highest BCUT2D eigenvalue weighted by Crippen LogP contribution is 2.20. The van der Waals surface area contributed by atoms with E-state index in [1.807, 2.05) is 0 Å². The van der Waals surface area contributed by atoms with Crippen LogP contribution >= 0.6 is 0 Å². The Morgan fingerprint density at radius 2 is 2.50 bits per heavy atom. The topological polar surface area (TPSA) is 83.8 Å². The molecule has 12 heavy (non-hydrogen) atoms. The number of nitrogens with zero attached hydrogens (tertiary/aromatic N) is 1. The van der Waals surface area contributed by atoms with Crippen molar-refractivity contribution in [3.63, 3.8) is 0 Å². The van der Waals surface area contributed by atoms with Crippen molar-refractivity contribution in [2.24, 2.45) is 5.73 Å². The summed E-state index contributed by atoms with van der Waals surface area (Å²) in [6.45, 7) is 0. The lowest BCUT2D eigenvalue weighted by atomic mass is 10.5. The van der Waals surface area contributed by atoms with Gasteiger partial charge in [-0.3, -0.25) is 4.79 Å². The second-order valence-electron chi connectivity index (χ2n) is 2.92. The van der Waals surface area contributed by atoms with Crippen LogP contribution in [0, 0.1) is 0 Å². The van der Waals surface area contributed by atoms with Crippen LogP contribution in [0.1, 0.15) is 6.42 Å². The first-order valence-corrected chi connectivity index (χ1v) is 3.83. The van der Waals surface area contributed by atoms with Gasteiger partial charge < -0.3 is 16.0 Å². The second kappa shape index (κ2) is 2.60. The molecule has 2 unspecified atom stereocenters. The minimum Gasteiger partial charge on any atom is -0.361 e. The molecular formula is C7H10N4O. The summed E-state index contributed by atoms with van der Waals surface area (Å²) in [4.78, 5) is 17.5. The van der Waals surface area contributed by atoms with Gasteiger partial charge in [0.2, 0.25) is 0 Å². The fraction of sp³-hybridized carbons (Fsp3) is 0.429. The van der Waals surface area contributed by atoms with Gasteiger partial charge in [-0.15, -0.1) is 0 Å². The van der Waals surface area contributed by atoms with Crippen LogP contribution < -0.4 is 16.6 Å². The molecule has 5 nitrogen and oxygen atoms in total. The van der Waals surface area contributed by atoms with Gasteiger partial charge in [0.15, 0.2) is 5.82 Å². The molecule has 1 aliphatic carbocycles. The molecule has 0 amide bonds. The third-order valence-electron chi connectivity index (χ3n) is 1.87. The molecule has 1 heterocycles. The van der Waals surface area contributed by atoms with E-state index in [1.54, 1.807) is 0 Å². The van der Waals surface area contributed by atoms with Gasteiger partial charge in [0.25, 0.3) is 5.56 Å². The Hall–Kier alpha value is -1.36. The maximum Gasteiger partial charge on any atom is 0.290 e. The zero-order valence-electron chi connectivity index (χ0n) is 6.45. The van der Waals surface area contributed by atoms with Gasteiger partial charge in [-0.2, -0.15) is 0 Å². The van der Waals surface area contributed by atoms with E-state index in [1.165, 1.54) is 12.4 Å². The summed E-state index contributed by atoms with van der Waals surface area (Å²) in [7, 11) is 0. The molecule has 0 aromatic carbocycles. The standard InChI is InChI=1S/C7H10N4O/c8-4-3-5(4)11-6-7(12)10-2-1-9-6/h1-2,4-5H,3,8H2,(H,9,11)(H,10,12). The Morgan fingerprint density at radius 3 is 3.08 bits per heavy atom. The van der Waals surface area contributed by atoms with E-state index in [-0.39, 0.29) is 17.6 Å². The van der Waals surface area contributed by atoms with Gasteiger partial charge in [-0.25, -0.2) is 4.98 Å². The van der Waals surface area contributed by atoms with Crippen molar-refractivity contribution in [1.29, 1.82) is 0 Å². The third kappa shape index (κ3) is 1.31. The van der Waals surface area contributed by atoms with E-state index >= 15 is 0 Å². The maximum atomic E-state index is 11.1. The van der Waals surface area contributed by atoms with Crippen LogP contribution in [0.2, 0.25) is 0 Å². The number of H-pyrrole nitrogens is 1. The van der Waals surface area contributed by atoms with E-state index in [0.717, 1.165) is 6.42 Å². The molecule has 0 radical (unpaired) electrons. The van der Waals surface area contributed by atoms with E-state index in [0.29, 0.717) is 5.82 Å². The van der Waals surface area contributed by atoms with Crippen molar-refractivity contribution in [1.82, 2.24) is 9.97 Å². The van der Waals surface area contributed by atoms with E-state index in [9.17, 15) is 4.79 Å². The molecule has 1 aromatic rings. The molecule has 0 saturated heterocycles. The summed E-state index contributed by atoms with van der Waals surface area (Å²) >= 11 is 0. The monoisotopic (exact) mass is 166 g/mol. The van der Waals surface area contributed by atoms with Crippen LogP contribution in [-0.2, 0) is 0 Å². The highest BCUT2D eigenvalue weighted by molar-refractivity contribution is 5.35. The first kappa shape index (κ1) is 7.30. The molecule has 64 valence electrons. The van der Waals surface area contributed by atoms with Gasteiger partial charge in [-0.05, 0) is 6.42 Å². The number of nitrogens with two attached hydrogens (primary N) is 1. The highest BCUT2D eigenvalue weighted by atomic mass is 16.1. The number of aromatic nitrogens is 2. The van der Waals surface area contributed by atoms with Crippen molar-refractivity contribution in [2.75, 3.05) is 5.32 Å².